The Bertz CT molecular complexity index is 1060. The fourth-order valence-electron chi connectivity index (χ4n) is 2.84. The summed E-state index contributed by atoms with van der Waals surface area (Å²) in [4.78, 5) is 28.3. The van der Waals surface area contributed by atoms with Crippen molar-refractivity contribution in [2.24, 2.45) is 5.41 Å². The second-order valence-corrected chi connectivity index (χ2v) is 8.23. The maximum Gasteiger partial charge on any atom is 0.405 e. The summed E-state index contributed by atoms with van der Waals surface area (Å²) in [6.45, 7) is 3.83. The summed E-state index contributed by atoms with van der Waals surface area (Å²) in [7, 11) is 0. The van der Waals surface area contributed by atoms with Gasteiger partial charge >= 0.3 is 6.18 Å². The monoisotopic (exact) mass is 440 g/mol. The Balaban J connectivity index is 1.88. The molecule has 3 heterocycles. The highest BCUT2D eigenvalue weighted by Gasteiger charge is 2.35. The summed E-state index contributed by atoms with van der Waals surface area (Å²) < 4.78 is 37.5. The zero-order chi connectivity index (χ0) is 22.1. The molecule has 3 rings (SSSR count). The number of pyridine rings is 1. The lowest BCUT2D eigenvalue weighted by molar-refractivity contribution is -0.140. The second kappa shape index (κ2) is 8.10. The van der Waals surface area contributed by atoms with Gasteiger partial charge < -0.3 is 15.6 Å². The van der Waals surface area contributed by atoms with Crippen LogP contribution in [0.4, 0.5) is 19.0 Å². The first-order chi connectivity index (χ1) is 13.9. The average molecular weight is 441 g/mol. The van der Waals surface area contributed by atoms with Gasteiger partial charge in [0.15, 0.2) is 5.82 Å². The summed E-state index contributed by atoms with van der Waals surface area (Å²) in [6, 6.07) is 2.31. The minimum absolute atomic E-state index is 0.298. The molecular formula is C19H20ClF3N6O. The van der Waals surface area contributed by atoms with Crippen molar-refractivity contribution >= 4 is 34.4 Å². The van der Waals surface area contributed by atoms with E-state index in [-0.39, 0.29) is 0 Å². The number of anilines is 1. The molecule has 7 nitrogen and oxygen atoms in total. The van der Waals surface area contributed by atoms with Gasteiger partial charge in [-0.15, -0.1) is 0 Å². The number of carbonyl (C=O) groups is 1. The van der Waals surface area contributed by atoms with Gasteiger partial charge in [0.2, 0.25) is 5.91 Å². The van der Waals surface area contributed by atoms with Gasteiger partial charge in [-0.3, -0.25) is 4.79 Å². The number of hydrogen-bond donors (Lipinski definition) is 3. The van der Waals surface area contributed by atoms with Gasteiger partial charge in [-0.2, -0.15) is 13.2 Å². The highest BCUT2D eigenvalue weighted by molar-refractivity contribution is 6.31. The molecular weight excluding hydrogens is 421 g/mol. The van der Waals surface area contributed by atoms with E-state index in [1.807, 2.05) is 5.32 Å². The van der Waals surface area contributed by atoms with Crippen molar-refractivity contribution in [3.8, 4) is 11.4 Å². The molecule has 0 aromatic carbocycles. The van der Waals surface area contributed by atoms with Crippen molar-refractivity contribution in [2.75, 3.05) is 11.9 Å². The lowest BCUT2D eigenvalue weighted by Gasteiger charge is -2.31. The molecule has 30 heavy (non-hydrogen) atoms. The molecule has 0 spiro atoms. The number of carbonyl (C=O) groups excluding carboxylic acids is 1. The van der Waals surface area contributed by atoms with Gasteiger partial charge in [-0.25, -0.2) is 15.0 Å². The second-order valence-electron chi connectivity index (χ2n) is 7.79. The first-order valence-electron chi connectivity index (χ1n) is 9.01. The highest BCUT2D eigenvalue weighted by Crippen LogP contribution is 2.28. The lowest BCUT2D eigenvalue weighted by Crippen LogP contribution is -2.49. The summed E-state index contributed by atoms with van der Waals surface area (Å²) in [5.41, 5.74) is 0.576. The van der Waals surface area contributed by atoms with E-state index in [0.717, 1.165) is 5.39 Å². The van der Waals surface area contributed by atoms with Crippen LogP contribution in [0.3, 0.4) is 0 Å². The molecule has 0 aliphatic rings. The van der Waals surface area contributed by atoms with Crippen LogP contribution < -0.4 is 10.6 Å². The van der Waals surface area contributed by atoms with E-state index in [1.54, 1.807) is 39.1 Å². The molecule has 0 bridgehead atoms. The standard InChI is InChI=1S/C19H20ClF3N6O/c1-18(2,3)14(17(30)27-9-19(21,22)23)28-13-4-5-24-16(29-13)12-8-26-15-11(12)6-10(20)7-25-15/h4-8,14H,9H2,1-3H3,(H,25,26)(H,27,30)(H,24,28,29)/t14-/m0/s1. The topological polar surface area (TPSA) is 95.6 Å². The van der Waals surface area contributed by atoms with E-state index in [4.69, 9.17) is 11.6 Å². The van der Waals surface area contributed by atoms with Crippen LogP contribution in [-0.2, 0) is 4.79 Å². The first kappa shape index (κ1) is 21.8. The summed E-state index contributed by atoms with van der Waals surface area (Å²) in [6.07, 6.45) is 0.195. The maximum atomic E-state index is 12.5. The molecule has 1 amide bonds. The van der Waals surface area contributed by atoms with Gasteiger partial charge in [-0.1, -0.05) is 32.4 Å². The molecule has 1 atom stereocenters. The van der Waals surface area contributed by atoms with E-state index in [0.29, 0.717) is 27.9 Å². The number of H-pyrrole nitrogens is 1. The number of nitrogens with zero attached hydrogens (tertiary/aromatic N) is 3. The summed E-state index contributed by atoms with van der Waals surface area (Å²) in [5.74, 6) is -0.131. The molecule has 3 aromatic rings. The minimum Gasteiger partial charge on any atom is -0.358 e. The van der Waals surface area contributed by atoms with Crippen LogP contribution in [-0.4, -0.2) is 44.6 Å². The first-order valence-corrected chi connectivity index (χ1v) is 9.39. The van der Waals surface area contributed by atoms with Crippen LogP contribution >= 0.6 is 11.6 Å². The Morgan fingerprint density at radius 3 is 2.67 bits per heavy atom. The molecule has 0 aliphatic carbocycles. The third-order valence-electron chi connectivity index (χ3n) is 4.28. The predicted molar refractivity (Wildman–Crippen MR) is 108 cm³/mol. The van der Waals surface area contributed by atoms with Crippen LogP contribution in [0.15, 0.2) is 30.7 Å². The van der Waals surface area contributed by atoms with Crippen LogP contribution in [0, 0.1) is 5.41 Å². The number of fused-ring (bicyclic) bond motifs is 1. The molecule has 0 unspecified atom stereocenters. The molecule has 11 heteroatoms. The van der Waals surface area contributed by atoms with Crippen LogP contribution in [0.25, 0.3) is 22.4 Å². The molecule has 0 aliphatic heterocycles. The molecule has 0 fully saturated rings. The molecule has 0 saturated carbocycles. The van der Waals surface area contributed by atoms with E-state index in [2.05, 4.69) is 25.3 Å². The Morgan fingerprint density at radius 2 is 2.00 bits per heavy atom. The van der Waals surface area contributed by atoms with Gasteiger partial charge in [-0.05, 0) is 17.5 Å². The molecule has 3 N–H and O–H groups in total. The van der Waals surface area contributed by atoms with Gasteiger partial charge in [0, 0.05) is 29.5 Å². The largest absolute Gasteiger partial charge is 0.405 e. The van der Waals surface area contributed by atoms with E-state index in [1.165, 1.54) is 12.4 Å². The Morgan fingerprint density at radius 1 is 1.27 bits per heavy atom. The highest BCUT2D eigenvalue weighted by atomic mass is 35.5. The Hall–Kier alpha value is -2.88. The molecule has 160 valence electrons. The van der Waals surface area contributed by atoms with E-state index >= 15 is 0 Å². The SMILES string of the molecule is CC(C)(C)[C@@H](Nc1ccnc(-c2c[nH]c3ncc(Cl)cc23)n1)C(=O)NCC(F)(F)F. The molecule has 3 aromatic heterocycles. The van der Waals surface area contributed by atoms with Crippen molar-refractivity contribution in [3.05, 3.63) is 35.7 Å². The van der Waals surface area contributed by atoms with Crippen molar-refractivity contribution in [1.82, 2.24) is 25.3 Å². The Kier molecular flexibility index (Phi) is 5.89. The van der Waals surface area contributed by atoms with Crippen LogP contribution in [0.1, 0.15) is 20.8 Å². The Labute approximate surface area is 175 Å². The zero-order valence-corrected chi connectivity index (χ0v) is 17.2. The third kappa shape index (κ3) is 5.18. The van der Waals surface area contributed by atoms with Gasteiger partial charge in [0.25, 0.3) is 0 Å². The number of halogens is 4. The fraction of sp³-hybridized carbons (Fsp3) is 0.368. The zero-order valence-electron chi connectivity index (χ0n) is 16.4. The fourth-order valence-corrected chi connectivity index (χ4v) is 3.00. The smallest absolute Gasteiger partial charge is 0.358 e. The van der Waals surface area contributed by atoms with E-state index in [9.17, 15) is 18.0 Å². The number of amides is 1. The normalized spacial score (nSPS) is 13.3. The minimum atomic E-state index is -4.50. The van der Waals surface area contributed by atoms with Crippen LogP contribution in [0.2, 0.25) is 5.02 Å². The number of aromatic amines is 1. The number of hydrogen-bond acceptors (Lipinski definition) is 5. The quantitative estimate of drug-likeness (QED) is 0.553. The number of aromatic nitrogens is 4. The number of nitrogens with one attached hydrogen (secondary N) is 3. The molecule has 0 saturated heterocycles. The van der Waals surface area contributed by atoms with Crippen molar-refractivity contribution in [1.29, 1.82) is 0 Å². The average Bonchev–Trinajstić information content (AvgIpc) is 3.06. The third-order valence-corrected chi connectivity index (χ3v) is 4.48. The lowest BCUT2D eigenvalue weighted by atomic mass is 9.86. The predicted octanol–water partition coefficient (Wildman–Crippen LogP) is 4.18. The number of rotatable bonds is 5. The number of alkyl halides is 3. The van der Waals surface area contributed by atoms with Gasteiger partial charge in [0.05, 0.1) is 5.02 Å². The summed E-state index contributed by atoms with van der Waals surface area (Å²) in [5, 5.41) is 6.03. The van der Waals surface area contributed by atoms with Crippen LogP contribution in [0.5, 0.6) is 0 Å². The maximum absolute atomic E-state index is 12.5. The van der Waals surface area contributed by atoms with Crippen molar-refractivity contribution < 1.29 is 18.0 Å². The van der Waals surface area contributed by atoms with Crippen molar-refractivity contribution in [2.45, 2.75) is 33.0 Å². The van der Waals surface area contributed by atoms with Gasteiger partial charge in [0.1, 0.15) is 24.1 Å². The van der Waals surface area contributed by atoms with E-state index < -0.39 is 30.1 Å². The summed E-state index contributed by atoms with van der Waals surface area (Å²) >= 11 is 6.03. The van der Waals surface area contributed by atoms with Crippen molar-refractivity contribution in [3.63, 3.8) is 0 Å². The molecule has 0 radical (unpaired) electrons.